The summed E-state index contributed by atoms with van der Waals surface area (Å²) in [4.78, 5) is 29.4. The molecular weight excluding hydrogens is 308 g/mol. The van der Waals surface area contributed by atoms with Crippen LogP contribution in [0.5, 0.6) is 0 Å². The van der Waals surface area contributed by atoms with Gasteiger partial charge in [-0.05, 0) is 24.6 Å². The standard InChI is InChI=1S/C18H18N2O4/c1-12-10-20(16(11-24-12)13-5-3-2-4-6-13)17(21)14-7-8-15(18(22)23)19-9-14/h2-9,12,16H,10-11H2,1H3,(H,22,23)/t12-,16+/m1/s1. The molecule has 0 aliphatic carbocycles. The van der Waals surface area contributed by atoms with Crippen molar-refractivity contribution >= 4 is 11.9 Å². The van der Waals surface area contributed by atoms with Crippen LogP contribution in [0.2, 0.25) is 0 Å². The first-order valence-electron chi connectivity index (χ1n) is 7.73. The Morgan fingerprint density at radius 3 is 2.58 bits per heavy atom. The predicted octanol–water partition coefficient (Wildman–Crippen LogP) is 2.38. The number of hydrogen-bond donors (Lipinski definition) is 1. The molecule has 0 radical (unpaired) electrons. The maximum Gasteiger partial charge on any atom is 0.354 e. The fraction of sp³-hybridized carbons (Fsp3) is 0.278. The largest absolute Gasteiger partial charge is 0.477 e. The molecule has 1 aliphatic heterocycles. The number of carboxylic acid groups (broad SMARTS) is 1. The van der Waals surface area contributed by atoms with E-state index >= 15 is 0 Å². The van der Waals surface area contributed by atoms with Gasteiger partial charge in [0.2, 0.25) is 0 Å². The second kappa shape index (κ2) is 6.80. The summed E-state index contributed by atoms with van der Waals surface area (Å²) in [7, 11) is 0. The number of carboxylic acids is 1. The number of morpholine rings is 1. The van der Waals surface area contributed by atoms with Crippen molar-refractivity contribution in [1.82, 2.24) is 9.88 Å². The van der Waals surface area contributed by atoms with E-state index in [2.05, 4.69) is 4.98 Å². The second-order valence-corrected chi connectivity index (χ2v) is 5.77. The number of carbonyl (C=O) groups is 2. The second-order valence-electron chi connectivity index (χ2n) is 5.77. The van der Waals surface area contributed by atoms with Gasteiger partial charge in [0, 0.05) is 12.7 Å². The number of aromatic carboxylic acids is 1. The van der Waals surface area contributed by atoms with E-state index in [9.17, 15) is 9.59 Å². The Kier molecular flexibility index (Phi) is 4.57. The highest BCUT2D eigenvalue weighted by molar-refractivity contribution is 5.95. The van der Waals surface area contributed by atoms with E-state index in [0.717, 1.165) is 5.56 Å². The number of carbonyl (C=O) groups excluding carboxylic acids is 1. The SMILES string of the molecule is C[C@@H]1CN(C(=O)c2ccc(C(=O)O)nc2)[C@H](c2ccccc2)CO1. The average molecular weight is 326 g/mol. The summed E-state index contributed by atoms with van der Waals surface area (Å²) < 4.78 is 5.72. The minimum Gasteiger partial charge on any atom is -0.477 e. The van der Waals surface area contributed by atoms with Crippen LogP contribution in [-0.4, -0.2) is 46.1 Å². The molecule has 6 heteroatoms. The van der Waals surface area contributed by atoms with Gasteiger partial charge in [-0.1, -0.05) is 30.3 Å². The molecule has 1 fully saturated rings. The van der Waals surface area contributed by atoms with Gasteiger partial charge in [-0.25, -0.2) is 9.78 Å². The fourth-order valence-corrected chi connectivity index (χ4v) is 2.79. The van der Waals surface area contributed by atoms with Gasteiger partial charge in [-0.3, -0.25) is 4.79 Å². The van der Waals surface area contributed by atoms with Crippen molar-refractivity contribution in [3.63, 3.8) is 0 Å². The third kappa shape index (κ3) is 3.28. The molecule has 0 saturated carbocycles. The third-order valence-corrected chi connectivity index (χ3v) is 4.04. The number of hydrogen-bond acceptors (Lipinski definition) is 4. The van der Waals surface area contributed by atoms with Crippen LogP contribution in [0, 0.1) is 0 Å². The zero-order valence-electron chi connectivity index (χ0n) is 13.3. The summed E-state index contributed by atoms with van der Waals surface area (Å²) in [5, 5.41) is 8.91. The summed E-state index contributed by atoms with van der Waals surface area (Å²) in [5.74, 6) is -1.29. The number of ether oxygens (including phenoxy) is 1. The van der Waals surface area contributed by atoms with Crippen molar-refractivity contribution in [1.29, 1.82) is 0 Å². The van der Waals surface area contributed by atoms with Crippen molar-refractivity contribution in [2.45, 2.75) is 19.1 Å². The first kappa shape index (κ1) is 16.1. The Morgan fingerprint density at radius 1 is 1.21 bits per heavy atom. The molecule has 24 heavy (non-hydrogen) atoms. The van der Waals surface area contributed by atoms with Gasteiger partial charge in [0.05, 0.1) is 24.3 Å². The summed E-state index contributed by atoms with van der Waals surface area (Å²) in [6.45, 7) is 2.82. The van der Waals surface area contributed by atoms with Gasteiger partial charge in [0.15, 0.2) is 0 Å². The van der Waals surface area contributed by atoms with Crippen LogP contribution < -0.4 is 0 Å². The molecule has 1 N–H and O–H groups in total. The molecule has 2 heterocycles. The third-order valence-electron chi connectivity index (χ3n) is 4.04. The zero-order chi connectivity index (χ0) is 17.1. The van der Waals surface area contributed by atoms with Gasteiger partial charge >= 0.3 is 5.97 Å². The highest BCUT2D eigenvalue weighted by Gasteiger charge is 2.32. The topological polar surface area (TPSA) is 79.7 Å². The van der Waals surface area contributed by atoms with E-state index in [0.29, 0.717) is 18.7 Å². The Labute approximate surface area is 139 Å². The number of amides is 1. The maximum atomic E-state index is 12.9. The number of rotatable bonds is 3. The molecule has 0 unspecified atom stereocenters. The highest BCUT2D eigenvalue weighted by Crippen LogP contribution is 2.27. The Hall–Kier alpha value is -2.73. The van der Waals surface area contributed by atoms with Crippen molar-refractivity contribution in [3.8, 4) is 0 Å². The molecule has 1 aliphatic rings. The van der Waals surface area contributed by atoms with Crippen LogP contribution in [0.1, 0.15) is 39.4 Å². The lowest BCUT2D eigenvalue weighted by Crippen LogP contribution is -2.46. The van der Waals surface area contributed by atoms with Gasteiger partial charge in [0.1, 0.15) is 5.69 Å². The van der Waals surface area contributed by atoms with Crippen LogP contribution in [-0.2, 0) is 4.74 Å². The maximum absolute atomic E-state index is 12.9. The molecular formula is C18H18N2O4. The average Bonchev–Trinajstić information content (AvgIpc) is 2.62. The molecule has 0 bridgehead atoms. The van der Waals surface area contributed by atoms with Crippen molar-refractivity contribution in [2.75, 3.05) is 13.2 Å². The minimum absolute atomic E-state index is 0.0554. The molecule has 1 aromatic carbocycles. The van der Waals surface area contributed by atoms with E-state index in [1.807, 2.05) is 37.3 Å². The summed E-state index contributed by atoms with van der Waals surface area (Å²) in [6, 6.07) is 12.4. The van der Waals surface area contributed by atoms with Gasteiger partial charge in [0.25, 0.3) is 5.91 Å². The number of nitrogens with zero attached hydrogens (tertiary/aromatic N) is 2. The lowest BCUT2D eigenvalue weighted by molar-refractivity contribution is -0.0447. The van der Waals surface area contributed by atoms with Crippen LogP contribution in [0.25, 0.3) is 0 Å². The first-order chi connectivity index (χ1) is 11.6. The lowest BCUT2D eigenvalue weighted by atomic mass is 10.0. The van der Waals surface area contributed by atoms with Gasteiger partial charge in [-0.15, -0.1) is 0 Å². The minimum atomic E-state index is -1.11. The van der Waals surface area contributed by atoms with Crippen LogP contribution in [0.3, 0.4) is 0 Å². The van der Waals surface area contributed by atoms with Gasteiger partial charge in [-0.2, -0.15) is 0 Å². The summed E-state index contributed by atoms with van der Waals surface area (Å²) in [6.07, 6.45) is 1.26. The number of aromatic nitrogens is 1. The molecule has 1 aromatic heterocycles. The molecule has 0 spiro atoms. The normalized spacial score (nSPS) is 20.6. The molecule has 1 amide bonds. The Balaban J connectivity index is 1.88. The van der Waals surface area contributed by atoms with E-state index in [1.54, 1.807) is 4.90 Å². The molecule has 6 nitrogen and oxygen atoms in total. The fourth-order valence-electron chi connectivity index (χ4n) is 2.79. The van der Waals surface area contributed by atoms with Crippen molar-refractivity contribution < 1.29 is 19.4 Å². The predicted molar refractivity (Wildman–Crippen MR) is 86.8 cm³/mol. The first-order valence-corrected chi connectivity index (χ1v) is 7.73. The molecule has 124 valence electrons. The lowest BCUT2D eigenvalue weighted by Gasteiger charge is -2.39. The van der Waals surface area contributed by atoms with Gasteiger partial charge < -0.3 is 14.7 Å². The van der Waals surface area contributed by atoms with E-state index in [1.165, 1.54) is 18.3 Å². The summed E-state index contributed by atoms with van der Waals surface area (Å²) in [5.41, 5.74) is 1.30. The molecule has 3 rings (SSSR count). The van der Waals surface area contributed by atoms with Crippen LogP contribution >= 0.6 is 0 Å². The highest BCUT2D eigenvalue weighted by atomic mass is 16.5. The summed E-state index contributed by atoms with van der Waals surface area (Å²) >= 11 is 0. The van der Waals surface area contributed by atoms with Crippen LogP contribution in [0.4, 0.5) is 0 Å². The molecule has 2 atom stereocenters. The van der Waals surface area contributed by atoms with E-state index < -0.39 is 5.97 Å². The van der Waals surface area contributed by atoms with E-state index in [4.69, 9.17) is 9.84 Å². The molecule has 2 aromatic rings. The smallest absolute Gasteiger partial charge is 0.354 e. The monoisotopic (exact) mass is 326 g/mol. The van der Waals surface area contributed by atoms with Crippen LogP contribution in [0.15, 0.2) is 48.7 Å². The quantitative estimate of drug-likeness (QED) is 0.937. The Bertz CT molecular complexity index is 730. The van der Waals surface area contributed by atoms with E-state index in [-0.39, 0.29) is 23.7 Å². The number of benzene rings is 1. The number of pyridine rings is 1. The Morgan fingerprint density at radius 2 is 1.96 bits per heavy atom. The molecule has 1 saturated heterocycles. The zero-order valence-corrected chi connectivity index (χ0v) is 13.3. The van der Waals surface area contributed by atoms with Crippen molar-refractivity contribution in [3.05, 3.63) is 65.5 Å². The van der Waals surface area contributed by atoms with Crippen molar-refractivity contribution in [2.24, 2.45) is 0 Å².